The van der Waals surface area contributed by atoms with Crippen molar-refractivity contribution in [3.8, 4) is 0 Å². The Morgan fingerprint density at radius 2 is 2.07 bits per heavy atom. The molecule has 0 aliphatic heterocycles. The highest BCUT2D eigenvalue weighted by molar-refractivity contribution is 5.20. The average molecular weight is 211 g/mol. The summed E-state index contributed by atoms with van der Waals surface area (Å²) in [5.41, 5.74) is 0.696. The maximum absolute atomic E-state index is 13.3. The maximum Gasteiger partial charge on any atom is 0.127 e. The first-order chi connectivity index (χ1) is 7.25. The predicted molar refractivity (Wildman–Crippen MR) is 59.1 cm³/mol. The Morgan fingerprint density at radius 3 is 2.73 bits per heavy atom. The molecule has 0 radical (unpaired) electrons. The van der Waals surface area contributed by atoms with E-state index >= 15 is 0 Å². The molecule has 3 heteroatoms. The molecule has 0 fully saturated rings. The zero-order valence-corrected chi connectivity index (χ0v) is 9.04. The Labute approximate surface area is 90.1 Å². The van der Waals surface area contributed by atoms with Crippen LogP contribution in [0.3, 0.4) is 0 Å². The van der Waals surface area contributed by atoms with E-state index in [0.29, 0.717) is 5.56 Å². The second-order valence-electron chi connectivity index (χ2n) is 3.63. The summed E-state index contributed by atoms with van der Waals surface area (Å²) in [6.45, 7) is 2.96. The molecular weight excluding hydrogens is 193 g/mol. The van der Waals surface area contributed by atoms with Gasteiger partial charge in [-0.05, 0) is 32.4 Å². The normalized spacial score (nSPS) is 12.7. The lowest BCUT2D eigenvalue weighted by molar-refractivity contribution is 0.282. The molecule has 0 heterocycles. The Kier molecular flexibility index (Phi) is 5.29. The van der Waals surface area contributed by atoms with Gasteiger partial charge in [-0.25, -0.2) is 4.39 Å². The highest BCUT2D eigenvalue weighted by Crippen LogP contribution is 2.15. The highest BCUT2D eigenvalue weighted by Gasteiger charge is 2.08. The zero-order valence-electron chi connectivity index (χ0n) is 9.04. The lowest BCUT2D eigenvalue weighted by atomic mass is 10.1. The molecule has 0 spiro atoms. The van der Waals surface area contributed by atoms with Crippen LogP contribution in [0.1, 0.15) is 31.4 Å². The Morgan fingerprint density at radius 1 is 1.33 bits per heavy atom. The van der Waals surface area contributed by atoms with E-state index in [-0.39, 0.29) is 18.5 Å². The monoisotopic (exact) mass is 211 g/mol. The molecule has 0 bridgehead atoms. The minimum absolute atomic E-state index is 0.0184. The predicted octanol–water partition coefficient (Wildman–Crippen LogP) is 2.25. The van der Waals surface area contributed by atoms with Crippen molar-refractivity contribution in [2.75, 3.05) is 13.2 Å². The summed E-state index contributed by atoms with van der Waals surface area (Å²) < 4.78 is 13.3. The van der Waals surface area contributed by atoms with E-state index in [1.807, 2.05) is 13.0 Å². The summed E-state index contributed by atoms with van der Waals surface area (Å²) in [6, 6.07) is 6.81. The van der Waals surface area contributed by atoms with Crippen molar-refractivity contribution in [3.63, 3.8) is 0 Å². The van der Waals surface area contributed by atoms with E-state index in [9.17, 15) is 4.39 Å². The third kappa shape index (κ3) is 3.98. The largest absolute Gasteiger partial charge is 0.396 e. The Balaban J connectivity index is 2.40. The molecule has 2 nitrogen and oxygen atoms in total. The molecule has 2 N–H and O–H groups in total. The highest BCUT2D eigenvalue weighted by atomic mass is 19.1. The molecule has 1 atom stereocenters. The average Bonchev–Trinajstić information content (AvgIpc) is 2.25. The van der Waals surface area contributed by atoms with Gasteiger partial charge in [0.25, 0.3) is 0 Å². The van der Waals surface area contributed by atoms with E-state index in [1.165, 1.54) is 6.07 Å². The fourth-order valence-corrected chi connectivity index (χ4v) is 1.49. The first-order valence-electron chi connectivity index (χ1n) is 5.34. The van der Waals surface area contributed by atoms with Gasteiger partial charge in [-0.1, -0.05) is 18.2 Å². The van der Waals surface area contributed by atoms with Gasteiger partial charge < -0.3 is 10.4 Å². The quantitative estimate of drug-likeness (QED) is 0.707. The number of unbranched alkanes of at least 4 members (excludes halogenated alkanes) is 1. The number of rotatable bonds is 6. The standard InChI is InChI=1S/C12H18FNO/c1-10(14-8-4-5-9-15)11-6-2-3-7-12(11)13/h2-3,6-7,10,14-15H,4-5,8-9H2,1H3. The van der Waals surface area contributed by atoms with Gasteiger partial charge in [0.15, 0.2) is 0 Å². The summed E-state index contributed by atoms with van der Waals surface area (Å²) in [7, 11) is 0. The van der Waals surface area contributed by atoms with Crippen molar-refractivity contribution in [3.05, 3.63) is 35.6 Å². The summed E-state index contributed by atoms with van der Waals surface area (Å²) >= 11 is 0. The van der Waals surface area contributed by atoms with Crippen LogP contribution < -0.4 is 5.32 Å². The van der Waals surface area contributed by atoms with Gasteiger partial charge in [0.1, 0.15) is 5.82 Å². The van der Waals surface area contributed by atoms with Crippen LogP contribution in [-0.4, -0.2) is 18.3 Å². The summed E-state index contributed by atoms with van der Waals surface area (Å²) in [5.74, 6) is -0.167. The topological polar surface area (TPSA) is 32.3 Å². The first kappa shape index (κ1) is 12.1. The molecule has 1 unspecified atom stereocenters. The van der Waals surface area contributed by atoms with E-state index < -0.39 is 0 Å². The minimum atomic E-state index is -0.167. The van der Waals surface area contributed by atoms with Gasteiger partial charge in [0.05, 0.1) is 0 Å². The van der Waals surface area contributed by atoms with Crippen LogP contribution in [0.15, 0.2) is 24.3 Å². The van der Waals surface area contributed by atoms with Crippen LogP contribution in [-0.2, 0) is 0 Å². The molecule has 0 saturated carbocycles. The van der Waals surface area contributed by atoms with Crippen molar-refractivity contribution in [1.29, 1.82) is 0 Å². The number of benzene rings is 1. The Hall–Kier alpha value is -0.930. The second kappa shape index (κ2) is 6.53. The van der Waals surface area contributed by atoms with Crippen molar-refractivity contribution in [2.24, 2.45) is 0 Å². The number of hydrogen-bond donors (Lipinski definition) is 2. The zero-order chi connectivity index (χ0) is 11.1. The molecule has 1 aromatic rings. The van der Waals surface area contributed by atoms with Crippen molar-refractivity contribution in [1.82, 2.24) is 5.32 Å². The van der Waals surface area contributed by atoms with E-state index in [0.717, 1.165) is 19.4 Å². The molecule has 0 amide bonds. The SMILES string of the molecule is CC(NCCCCO)c1ccccc1F. The van der Waals surface area contributed by atoms with E-state index in [1.54, 1.807) is 12.1 Å². The smallest absolute Gasteiger partial charge is 0.127 e. The first-order valence-corrected chi connectivity index (χ1v) is 5.34. The number of halogens is 1. The number of aliphatic hydroxyl groups excluding tert-OH is 1. The van der Waals surface area contributed by atoms with Crippen molar-refractivity contribution in [2.45, 2.75) is 25.8 Å². The molecule has 84 valence electrons. The van der Waals surface area contributed by atoms with Gasteiger partial charge >= 0.3 is 0 Å². The van der Waals surface area contributed by atoms with Crippen LogP contribution in [0.2, 0.25) is 0 Å². The lowest BCUT2D eigenvalue weighted by Crippen LogP contribution is -2.20. The van der Waals surface area contributed by atoms with Gasteiger partial charge in [-0.15, -0.1) is 0 Å². The fourth-order valence-electron chi connectivity index (χ4n) is 1.49. The number of nitrogens with one attached hydrogen (secondary N) is 1. The fraction of sp³-hybridized carbons (Fsp3) is 0.500. The van der Waals surface area contributed by atoms with Crippen LogP contribution in [0.5, 0.6) is 0 Å². The molecule has 0 saturated heterocycles. The Bertz CT molecular complexity index is 291. The summed E-state index contributed by atoms with van der Waals surface area (Å²) in [5, 5.41) is 11.8. The molecule has 0 aliphatic carbocycles. The number of aliphatic hydroxyl groups is 1. The van der Waals surface area contributed by atoms with Crippen LogP contribution in [0.4, 0.5) is 4.39 Å². The van der Waals surface area contributed by atoms with E-state index in [2.05, 4.69) is 5.32 Å². The molecule has 0 aromatic heterocycles. The third-order valence-electron chi connectivity index (χ3n) is 2.41. The van der Waals surface area contributed by atoms with Gasteiger partial charge in [-0.2, -0.15) is 0 Å². The molecule has 0 aliphatic rings. The third-order valence-corrected chi connectivity index (χ3v) is 2.41. The maximum atomic E-state index is 13.3. The minimum Gasteiger partial charge on any atom is -0.396 e. The molecule has 1 rings (SSSR count). The van der Waals surface area contributed by atoms with Gasteiger partial charge in [0, 0.05) is 18.2 Å². The molecule has 1 aromatic carbocycles. The number of hydrogen-bond acceptors (Lipinski definition) is 2. The molecular formula is C12H18FNO. The van der Waals surface area contributed by atoms with Crippen LogP contribution >= 0.6 is 0 Å². The van der Waals surface area contributed by atoms with Crippen molar-refractivity contribution < 1.29 is 9.50 Å². The van der Waals surface area contributed by atoms with Gasteiger partial charge in [-0.3, -0.25) is 0 Å². The van der Waals surface area contributed by atoms with E-state index in [4.69, 9.17) is 5.11 Å². The second-order valence-corrected chi connectivity index (χ2v) is 3.63. The summed E-state index contributed by atoms with van der Waals surface area (Å²) in [4.78, 5) is 0. The lowest BCUT2D eigenvalue weighted by Gasteiger charge is -2.14. The summed E-state index contributed by atoms with van der Waals surface area (Å²) in [6.07, 6.45) is 1.70. The van der Waals surface area contributed by atoms with Gasteiger partial charge in [0.2, 0.25) is 0 Å². The van der Waals surface area contributed by atoms with Crippen LogP contribution in [0.25, 0.3) is 0 Å². The van der Waals surface area contributed by atoms with Crippen molar-refractivity contribution >= 4 is 0 Å². The molecule has 15 heavy (non-hydrogen) atoms. The van der Waals surface area contributed by atoms with Crippen LogP contribution in [0, 0.1) is 5.82 Å².